The topological polar surface area (TPSA) is 80.2 Å². The number of para-hydroxylation sites is 1. The molecule has 2 heterocycles. The summed E-state index contributed by atoms with van der Waals surface area (Å²) in [5.74, 6) is -0.301. The standard InChI is InChI=1S/C28H27N3O4/c1-2-34-27(33)24-25(20-11-8-14-23(17-20)35-22-12-4-3-5-13-22)29-28(30-26(24)32)31-16-15-19-9-6-7-10-21(19)18-31/h3-14,17,24-25H,2,15-16,18H2,1H3,(H,29,30,32)/t24-,25+/m1/s1. The van der Waals surface area contributed by atoms with Crippen LogP contribution in [-0.2, 0) is 27.3 Å². The van der Waals surface area contributed by atoms with Crippen molar-refractivity contribution in [3.63, 3.8) is 0 Å². The monoisotopic (exact) mass is 469 g/mol. The zero-order valence-electron chi connectivity index (χ0n) is 19.5. The summed E-state index contributed by atoms with van der Waals surface area (Å²) in [6.07, 6.45) is 0.859. The third kappa shape index (κ3) is 4.89. The summed E-state index contributed by atoms with van der Waals surface area (Å²) in [4.78, 5) is 33.0. The van der Waals surface area contributed by atoms with Crippen molar-refractivity contribution in [2.45, 2.75) is 25.9 Å². The van der Waals surface area contributed by atoms with Gasteiger partial charge < -0.3 is 14.4 Å². The van der Waals surface area contributed by atoms with Crippen LogP contribution in [0.4, 0.5) is 0 Å². The molecule has 5 rings (SSSR count). The number of fused-ring (bicyclic) bond motifs is 1. The lowest BCUT2D eigenvalue weighted by molar-refractivity contribution is -0.153. The van der Waals surface area contributed by atoms with Crippen molar-refractivity contribution in [1.29, 1.82) is 0 Å². The number of guanidine groups is 1. The molecular formula is C28H27N3O4. The highest BCUT2D eigenvalue weighted by atomic mass is 16.5. The zero-order valence-corrected chi connectivity index (χ0v) is 19.5. The Bertz CT molecular complexity index is 1260. The van der Waals surface area contributed by atoms with E-state index in [1.807, 2.05) is 66.7 Å². The number of amides is 1. The lowest BCUT2D eigenvalue weighted by atomic mass is 9.91. The summed E-state index contributed by atoms with van der Waals surface area (Å²) in [7, 11) is 0. The molecule has 1 amide bonds. The van der Waals surface area contributed by atoms with Gasteiger partial charge in [0.25, 0.3) is 0 Å². The second-order valence-corrected chi connectivity index (χ2v) is 8.54. The summed E-state index contributed by atoms with van der Waals surface area (Å²) < 4.78 is 11.2. The Morgan fingerprint density at radius 2 is 1.74 bits per heavy atom. The van der Waals surface area contributed by atoms with Crippen molar-refractivity contribution < 1.29 is 19.1 Å². The van der Waals surface area contributed by atoms with Gasteiger partial charge in [0.1, 0.15) is 17.5 Å². The van der Waals surface area contributed by atoms with Crippen LogP contribution in [0.3, 0.4) is 0 Å². The normalized spacial score (nSPS) is 19.3. The molecule has 2 aliphatic heterocycles. The Hall–Kier alpha value is -4.13. The van der Waals surface area contributed by atoms with E-state index < -0.39 is 23.8 Å². The van der Waals surface area contributed by atoms with E-state index in [4.69, 9.17) is 14.5 Å². The van der Waals surface area contributed by atoms with E-state index in [-0.39, 0.29) is 6.61 Å². The van der Waals surface area contributed by atoms with E-state index in [2.05, 4.69) is 22.3 Å². The second kappa shape index (κ2) is 10.0. The van der Waals surface area contributed by atoms with Gasteiger partial charge in [0.05, 0.1) is 6.61 Å². The van der Waals surface area contributed by atoms with Gasteiger partial charge in [-0.25, -0.2) is 4.99 Å². The number of aliphatic imine (C=N–C) groups is 1. The Balaban J connectivity index is 1.48. The third-order valence-electron chi connectivity index (χ3n) is 6.24. The molecule has 2 aliphatic rings. The van der Waals surface area contributed by atoms with Gasteiger partial charge >= 0.3 is 5.97 Å². The number of ether oxygens (including phenoxy) is 2. The molecule has 7 nitrogen and oxygen atoms in total. The molecule has 1 N–H and O–H groups in total. The quantitative estimate of drug-likeness (QED) is 0.447. The molecule has 0 spiro atoms. The number of esters is 1. The molecular weight excluding hydrogens is 442 g/mol. The molecule has 2 atom stereocenters. The van der Waals surface area contributed by atoms with E-state index >= 15 is 0 Å². The average molecular weight is 470 g/mol. The lowest BCUT2D eigenvalue weighted by Gasteiger charge is -2.36. The summed E-state index contributed by atoms with van der Waals surface area (Å²) in [5.41, 5.74) is 3.22. The van der Waals surface area contributed by atoms with Crippen molar-refractivity contribution in [3.05, 3.63) is 95.6 Å². The number of nitrogens with one attached hydrogen (secondary N) is 1. The number of carbonyl (C=O) groups excluding carboxylic acids is 2. The van der Waals surface area contributed by atoms with Crippen LogP contribution in [0.2, 0.25) is 0 Å². The number of carbonyl (C=O) groups is 2. The number of hydrogen-bond acceptors (Lipinski definition) is 6. The predicted molar refractivity (Wildman–Crippen MR) is 132 cm³/mol. The van der Waals surface area contributed by atoms with Gasteiger partial charge in [-0.15, -0.1) is 0 Å². The first-order valence-electron chi connectivity index (χ1n) is 11.8. The minimum absolute atomic E-state index is 0.186. The summed E-state index contributed by atoms with van der Waals surface area (Å²) in [5, 5.41) is 2.87. The molecule has 3 aromatic rings. The molecule has 0 saturated carbocycles. The highest BCUT2D eigenvalue weighted by Crippen LogP contribution is 2.34. The molecule has 0 saturated heterocycles. The highest BCUT2D eigenvalue weighted by Gasteiger charge is 2.42. The maximum atomic E-state index is 13.2. The Kier molecular flexibility index (Phi) is 6.48. The molecule has 0 fully saturated rings. The van der Waals surface area contributed by atoms with E-state index in [9.17, 15) is 9.59 Å². The van der Waals surface area contributed by atoms with Crippen LogP contribution < -0.4 is 10.1 Å². The lowest BCUT2D eigenvalue weighted by Crippen LogP contribution is -2.53. The Labute approximate surface area is 204 Å². The van der Waals surface area contributed by atoms with Gasteiger partial charge in [-0.05, 0) is 54.3 Å². The predicted octanol–water partition coefficient (Wildman–Crippen LogP) is 4.24. The Morgan fingerprint density at radius 1 is 1.00 bits per heavy atom. The highest BCUT2D eigenvalue weighted by molar-refractivity contribution is 6.08. The fourth-order valence-electron chi connectivity index (χ4n) is 4.53. The first-order valence-corrected chi connectivity index (χ1v) is 11.8. The van der Waals surface area contributed by atoms with Crippen LogP contribution in [0.1, 0.15) is 29.7 Å². The largest absolute Gasteiger partial charge is 0.465 e. The summed E-state index contributed by atoms with van der Waals surface area (Å²) in [6, 6.07) is 24.4. The van der Waals surface area contributed by atoms with Crippen LogP contribution in [0.5, 0.6) is 11.5 Å². The van der Waals surface area contributed by atoms with E-state index in [0.29, 0.717) is 29.6 Å². The molecule has 178 valence electrons. The number of nitrogens with zero attached hydrogens (tertiary/aromatic N) is 2. The van der Waals surface area contributed by atoms with Crippen molar-refractivity contribution in [3.8, 4) is 11.5 Å². The smallest absolute Gasteiger partial charge is 0.321 e. The fourth-order valence-corrected chi connectivity index (χ4v) is 4.53. The molecule has 35 heavy (non-hydrogen) atoms. The number of rotatable bonds is 5. The van der Waals surface area contributed by atoms with Gasteiger partial charge in [0.2, 0.25) is 11.9 Å². The van der Waals surface area contributed by atoms with Crippen LogP contribution in [0, 0.1) is 5.92 Å². The number of hydrogen-bond donors (Lipinski definition) is 1. The van der Waals surface area contributed by atoms with Gasteiger partial charge in [0.15, 0.2) is 5.92 Å². The Morgan fingerprint density at radius 3 is 2.54 bits per heavy atom. The van der Waals surface area contributed by atoms with Gasteiger partial charge in [-0.2, -0.15) is 0 Å². The van der Waals surface area contributed by atoms with Gasteiger partial charge in [-0.3, -0.25) is 14.9 Å². The zero-order chi connectivity index (χ0) is 24.2. The molecule has 0 bridgehead atoms. The summed E-state index contributed by atoms with van der Waals surface area (Å²) in [6.45, 7) is 3.28. The van der Waals surface area contributed by atoms with Crippen LogP contribution >= 0.6 is 0 Å². The van der Waals surface area contributed by atoms with Crippen LogP contribution in [-0.4, -0.2) is 35.9 Å². The van der Waals surface area contributed by atoms with Crippen LogP contribution in [0.25, 0.3) is 0 Å². The average Bonchev–Trinajstić information content (AvgIpc) is 2.89. The van der Waals surface area contributed by atoms with Crippen molar-refractivity contribution in [2.24, 2.45) is 10.9 Å². The van der Waals surface area contributed by atoms with E-state index in [0.717, 1.165) is 13.0 Å². The minimum atomic E-state index is -1.08. The maximum absolute atomic E-state index is 13.2. The first-order chi connectivity index (χ1) is 17.1. The molecule has 0 aliphatic carbocycles. The number of benzene rings is 3. The van der Waals surface area contributed by atoms with Gasteiger partial charge in [0, 0.05) is 13.1 Å². The minimum Gasteiger partial charge on any atom is -0.465 e. The van der Waals surface area contributed by atoms with E-state index in [1.54, 1.807) is 6.92 Å². The first kappa shape index (κ1) is 22.7. The van der Waals surface area contributed by atoms with E-state index in [1.165, 1.54) is 11.1 Å². The van der Waals surface area contributed by atoms with Crippen LogP contribution in [0.15, 0.2) is 83.9 Å². The van der Waals surface area contributed by atoms with Crippen molar-refractivity contribution in [1.82, 2.24) is 10.2 Å². The maximum Gasteiger partial charge on any atom is 0.321 e. The van der Waals surface area contributed by atoms with Crippen molar-refractivity contribution in [2.75, 3.05) is 13.2 Å². The molecule has 7 heteroatoms. The molecule has 0 aromatic heterocycles. The molecule has 0 unspecified atom stereocenters. The van der Waals surface area contributed by atoms with Crippen molar-refractivity contribution >= 4 is 17.8 Å². The van der Waals surface area contributed by atoms with Gasteiger partial charge in [-0.1, -0.05) is 54.6 Å². The third-order valence-corrected chi connectivity index (χ3v) is 6.24. The molecule has 3 aromatic carbocycles. The summed E-state index contributed by atoms with van der Waals surface area (Å²) >= 11 is 0. The second-order valence-electron chi connectivity index (χ2n) is 8.54. The SMILES string of the molecule is CCOC(=O)[C@H]1C(=O)NC(N2CCc3ccccc3C2)=N[C@H]1c1cccc(Oc2ccccc2)c1. The fraction of sp³-hybridized carbons (Fsp3) is 0.250. The molecule has 0 radical (unpaired) electrons.